The summed E-state index contributed by atoms with van der Waals surface area (Å²) in [6, 6.07) is 0.415. The summed E-state index contributed by atoms with van der Waals surface area (Å²) in [6.07, 6.45) is 2.87. The van der Waals surface area contributed by atoms with Crippen LogP contribution >= 0.6 is 11.6 Å². The Kier molecular flexibility index (Phi) is 4.36. The molecule has 4 heteroatoms. The van der Waals surface area contributed by atoms with Gasteiger partial charge in [-0.15, -0.1) is 6.58 Å². The van der Waals surface area contributed by atoms with Crippen molar-refractivity contribution < 1.29 is 0 Å². The quantitative estimate of drug-likeness (QED) is 0.784. The van der Waals surface area contributed by atoms with E-state index in [0.29, 0.717) is 11.2 Å². The van der Waals surface area contributed by atoms with Gasteiger partial charge in [-0.05, 0) is 20.3 Å². The van der Waals surface area contributed by atoms with Crippen molar-refractivity contribution in [1.29, 1.82) is 0 Å². The molecule has 0 aliphatic rings. The predicted molar refractivity (Wildman–Crippen MR) is 64.1 cm³/mol. The third kappa shape index (κ3) is 3.08. The zero-order chi connectivity index (χ0) is 11.4. The third-order valence-electron chi connectivity index (χ3n) is 2.42. The molecule has 0 saturated carbocycles. The second-order valence-electron chi connectivity index (χ2n) is 3.78. The molecule has 3 nitrogen and oxygen atoms in total. The summed E-state index contributed by atoms with van der Waals surface area (Å²) >= 11 is 6.11. The molecule has 0 fully saturated rings. The molecule has 0 aromatic carbocycles. The fourth-order valence-corrected chi connectivity index (χ4v) is 1.73. The van der Waals surface area contributed by atoms with Crippen LogP contribution in [-0.4, -0.2) is 15.8 Å². The maximum atomic E-state index is 6.11. The van der Waals surface area contributed by atoms with E-state index in [1.54, 1.807) is 4.68 Å². The summed E-state index contributed by atoms with van der Waals surface area (Å²) in [5, 5.41) is 8.36. The number of aromatic nitrogens is 2. The summed E-state index contributed by atoms with van der Waals surface area (Å²) < 4.78 is 1.70. The van der Waals surface area contributed by atoms with Crippen LogP contribution in [0, 0.1) is 6.92 Å². The highest BCUT2D eigenvalue weighted by atomic mass is 35.5. The van der Waals surface area contributed by atoms with Crippen LogP contribution in [0.5, 0.6) is 0 Å². The maximum Gasteiger partial charge on any atom is 0.131 e. The number of nitrogens with one attached hydrogen (secondary N) is 1. The average Bonchev–Trinajstić information content (AvgIpc) is 2.40. The van der Waals surface area contributed by atoms with E-state index in [0.717, 1.165) is 24.2 Å². The van der Waals surface area contributed by atoms with Crippen LogP contribution in [-0.2, 0) is 13.6 Å². The summed E-state index contributed by atoms with van der Waals surface area (Å²) in [5.41, 5.74) is 2.07. The summed E-state index contributed by atoms with van der Waals surface area (Å²) in [6.45, 7) is 8.57. The Bertz CT molecular complexity index is 344. The van der Waals surface area contributed by atoms with Gasteiger partial charge >= 0.3 is 0 Å². The summed E-state index contributed by atoms with van der Waals surface area (Å²) in [7, 11) is 1.85. The fourth-order valence-electron chi connectivity index (χ4n) is 1.48. The minimum absolute atomic E-state index is 0.415. The van der Waals surface area contributed by atoms with Crippen LogP contribution < -0.4 is 5.32 Å². The monoisotopic (exact) mass is 227 g/mol. The van der Waals surface area contributed by atoms with Crippen molar-refractivity contribution in [1.82, 2.24) is 15.1 Å². The lowest BCUT2D eigenvalue weighted by molar-refractivity contribution is 0.553. The number of nitrogens with zero attached hydrogens (tertiary/aromatic N) is 2. The van der Waals surface area contributed by atoms with Crippen molar-refractivity contribution in [3.8, 4) is 0 Å². The number of aryl methyl sites for hydroxylation is 2. The number of hydrogen-bond donors (Lipinski definition) is 1. The molecule has 1 heterocycles. The van der Waals surface area contributed by atoms with Crippen molar-refractivity contribution >= 4 is 11.6 Å². The van der Waals surface area contributed by atoms with Crippen molar-refractivity contribution in [2.24, 2.45) is 7.05 Å². The molecule has 0 aliphatic heterocycles. The highest BCUT2D eigenvalue weighted by molar-refractivity contribution is 6.30. The Balaban J connectivity index is 2.61. The summed E-state index contributed by atoms with van der Waals surface area (Å²) in [4.78, 5) is 0. The zero-order valence-electron chi connectivity index (χ0n) is 9.55. The average molecular weight is 228 g/mol. The van der Waals surface area contributed by atoms with Gasteiger partial charge in [0, 0.05) is 25.2 Å². The lowest BCUT2D eigenvalue weighted by Gasteiger charge is -2.11. The minimum atomic E-state index is 0.415. The molecule has 1 atom stereocenters. The first kappa shape index (κ1) is 12.3. The second-order valence-corrected chi connectivity index (χ2v) is 4.14. The number of rotatable bonds is 5. The molecule has 1 unspecified atom stereocenters. The fraction of sp³-hybridized carbons (Fsp3) is 0.545. The standard InChI is InChI=1S/C11H18ClN3/c1-5-6-8(2)13-7-10-9(3)14-15(4)11(10)12/h5,8,13H,1,6-7H2,2-4H3. The van der Waals surface area contributed by atoms with E-state index in [2.05, 4.69) is 23.9 Å². The van der Waals surface area contributed by atoms with E-state index >= 15 is 0 Å². The van der Waals surface area contributed by atoms with Crippen molar-refractivity contribution in [3.63, 3.8) is 0 Å². The Hall–Kier alpha value is -0.800. The van der Waals surface area contributed by atoms with Gasteiger partial charge in [0.1, 0.15) is 5.15 Å². The van der Waals surface area contributed by atoms with E-state index in [1.807, 2.05) is 20.0 Å². The van der Waals surface area contributed by atoms with Crippen LogP contribution in [0.3, 0.4) is 0 Å². The molecular weight excluding hydrogens is 210 g/mol. The van der Waals surface area contributed by atoms with Crippen molar-refractivity contribution in [2.75, 3.05) is 0 Å². The van der Waals surface area contributed by atoms with Crippen LogP contribution in [0.1, 0.15) is 24.6 Å². The van der Waals surface area contributed by atoms with Crippen LogP contribution in [0.4, 0.5) is 0 Å². The van der Waals surface area contributed by atoms with E-state index in [9.17, 15) is 0 Å². The Morgan fingerprint density at radius 3 is 2.80 bits per heavy atom. The molecule has 0 aliphatic carbocycles. The van der Waals surface area contributed by atoms with E-state index < -0.39 is 0 Å². The number of hydrogen-bond acceptors (Lipinski definition) is 2. The Labute approximate surface area is 96.1 Å². The SMILES string of the molecule is C=CCC(C)NCc1c(C)nn(C)c1Cl. The predicted octanol–water partition coefficient (Wildman–Crippen LogP) is 2.44. The first-order valence-electron chi connectivity index (χ1n) is 5.08. The maximum absolute atomic E-state index is 6.11. The highest BCUT2D eigenvalue weighted by Crippen LogP contribution is 2.18. The van der Waals surface area contributed by atoms with E-state index in [-0.39, 0.29) is 0 Å². The molecule has 1 aromatic heterocycles. The first-order valence-corrected chi connectivity index (χ1v) is 5.46. The Morgan fingerprint density at radius 1 is 1.67 bits per heavy atom. The lowest BCUT2D eigenvalue weighted by Crippen LogP contribution is -2.25. The molecule has 1 rings (SSSR count). The molecule has 0 spiro atoms. The molecule has 84 valence electrons. The van der Waals surface area contributed by atoms with Gasteiger partial charge in [-0.25, -0.2) is 0 Å². The molecule has 15 heavy (non-hydrogen) atoms. The Morgan fingerprint density at radius 2 is 2.33 bits per heavy atom. The van der Waals surface area contributed by atoms with E-state index in [1.165, 1.54) is 0 Å². The lowest BCUT2D eigenvalue weighted by atomic mass is 10.2. The van der Waals surface area contributed by atoms with Gasteiger partial charge in [0.15, 0.2) is 0 Å². The van der Waals surface area contributed by atoms with Crippen LogP contribution in [0.2, 0.25) is 5.15 Å². The highest BCUT2D eigenvalue weighted by Gasteiger charge is 2.11. The zero-order valence-corrected chi connectivity index (χ0v) is 10.3. The molecular formula is C11H18ClN3. The van der Waals surface area contributed by atoms with Crippen molar-refractivity contribution in [3.05, 3.63) is 29.1 Å². The van der Waals surface area contributed by atoms with Crippen LogP contribution in [0.15, 0.2) is 12.7 Å². The summed E-state index contributed by atoms with van der Waals surface area (Å²) in [5.74, 6) is 0. The van der Waals surface area contributed by atoms with Gasteiger partial charge < -0.3 is 5.32 Å². The number of halogens is 1. The minimum Gasteiger partial charge on any atom is -0.310 e. The molecule has 1 N–H and O–H groups in total. The van der Waals surface area contributed by atoms with Crippen LogP contribution in [0.25, 0.3) is 0 Å². The molecule has 0 bridgehead atoms. The van der Waals surface area contributed by atoms with Gasteiger partial charge in [0.2, 0.25) is 0 Å². The van der Waals surface area contributed by atoms with E-state index in [4.69, 9.17) is 11.6 Å². The largest absolute Gasteiger partial charge is 0.310 e. The van der Waals surface area contributed by atoms with Gasteiger partial charge in [0.05, 0.1) is 5.69 Å². The van der Waals surface area contributed by atoms with Gasteiger partial charge in [-0.2, -0.15) is 5.10 Å². The topological polar surface area (TPSA) is 29.9 Å². The van der Waals surface area contributed by atoms with Crippen molar-refractivity contribution in [2.45, 2.75) is 32.9 Å². The normalized spacial score (nSPS) is 12.8. The molecule has 0 radical (unpaired) electrons. The third-order valence-corrected chi connectivity index (χ3v) is 2.89. The smallest absolute Gasteiger partial charge is 0.131 e. The van der Waals surface area contributed by atoms with Gasteiger partial charge in [-0.3, -0.25) is 4.68 Å². The van der Waals surface area contributed by atoms with Gasteiger partial charge in [-0.1, -0.05) is 17.7 Å². The van der Waals surface area contributed by atoms with Gasteiger partial charge in [0.25, 0.3) is 0 Å². The first-order chi connectivity index (χ1) is 7.06. The molecule has 0 amide bonds. The second kappa shape index (κ2) is 5.33. The molecule has 1 aromatic rings. The molecule has 0 saturated heterocycles.